The number of nitrogens with one attached hydrogen (secondary N) is 1. The number of aromatic amines is 1. The Morgan fingerprint density at radius 1 is 1.23 bits per heavy atom. The highest BCUT2D eigenvalue weighted by molar-refractivity contribution is 7.71. The Hall–Kier alpha value is -1.17. The molecule has 144 valence electrons. The fraction of sp³-hybridized carbons (Fsp3) is 0.850. The maximum Gasteiger partial charge on any atom is 0.222 e. The topological polar surface area (TPSA) is 53.9 Å². The highest BCUT2D eigenvalue weighted by Crippen LogP contribution is 2.41. The second-order valence-electron chi connectivity index (χ2n) is 9.47. The van der Waals surface area contributed by atoms with Gasteiger partial charge in [-0.05, 0) is 68.5 Å². The zero-order valence-electron chi connectivity index (χ0n) is 16.2. The van der Waals surface area contributed by atoms with E-state index < -0.39 is 0 Å². The summed E-state index contributed by atoms with van der Waals surface area (Å²) in [6.45, 7) is 6.43. The summed E-state index contributed by atoms with van der Waals surface area (Å²) in [4.78, 5) is 14.9. The fourth-order valence-electron chi connectivity index (χ4n) is 5.08. The van der Waals surface area contributed by atoms with Crippen molar-refractivity contribution >= 4 is 18.1 Å². The number of aromatic nitrogens is 3. The molecule has 0 bridgehead atoms. The van der Waals surface area contributed by atoms with Gasteiger partial charge < -0.3 is 9.47 Å². The van der Waals surface area contributed by atoms with Crippen molar-refractivity contribution in [3.05, 3.63) is 10.6 Å². The smallest absolute Gasteiger partial charge is 0.222 e. The third kappa shape index (κ3) is 3.90. The lowest BCUT2D eigenvalue weighted by Crippen LogP contribution is -2.39. The molecule has 4 rings (SSSR count). The summed E-state index contributed by atoms with van der Waals surface area (Å²) in [5, 5.41) is 7.51. The van der Waals surface area contributed by atoms with Crippen LogP contribution in [-0.2, 0) is 4.79 Å². The van der Waals surface area contributed by atoms with E-state index in [1.165, 1.54) is 38.5 Å². The van der Waals surface area contributed by atoms with E-state index >= 15 is 0 Å². The minimum absolute atomic E-state index is 0.368. The molecular weight excluding hydrogens is 344 g/mol. The molecule has 26 heavy (non-hydrogen) atoms. The van der Waals surface area contributed by atoms with Gasteiger partial charge in [0.05, 0.1) is 0 Å². The summed E-state index contributed by atoms with van der Waals surface area (Å²) >= 11 is 5.41. The van der Waals surface area contributed by atoms with Crippen LogP contribution in [0.15, 0.2) is 0 Å². The second kappa shape index (κ2) is 7.10. The molecule has 1 unspecified atom stereocenters. The van der Waals surface area contributed by atoms with Crippen LogP contribution in [0.3, 0.4) is 0 Å². The number of carbonyl (C=O) groups is 1. The van der Waals surface area contributed by atoms with Crippen LogP contribution in [0, 0.1) is 16.1 Å². The molecule has 2 heterocycles. The molecule has 5 nitrogen and oxygen atoms in total. The van der Waals surface area contributed by atoms with Crippen LogP contribution < -0.4 is 0 Å². The van der Waals surface area contributed by atoms with E-state index in [4.69, 9.17) is 12.2 Å². The third-order valence-electron chi connectivity index (χ3n) is 6.63. The van der Waals surface area contributed by atoms with Gasteiger partial charge in [-0.15, -0.1) is 0 Å². The van der Waals surface area contributed by atoms with Crippen molar-refractivity contribution < 1.29 is 4.79 Å². The molecule has 1 atom stereocenters. The van der Waals surface area contributed by atoms with Crippen molar-refractivity contribution in [2.45, 2.75) is 83.6 Å². The molecule has 3 fully saturated rings. The van der Waals surface area contributed by atoms with Crippen molar-refractivity contribution in [1.82, 2.24) is 19.7 Å². The Balaban J connectivity index is 1.32. The first-order chi connectivity index (χ1) is 12.4. The third-order valence-corrected chi connectivity index (χ3v) is 6.92. The van der Waals surface area contributed by atoms with Crippen molar-refractivity contribution in [1.29, 1.82) is 0 Å². The summed E-state index contributed by atoms with van der Waals surface area (Å²) in [5.41, 5.74) is 0.411. The second-order valence-corrected chi connectivity index (χ2v) is 9.86. The number of piperidine rings is 1. The van der Waals surface area contributed by atoms with Gasteiger partial charge in [0.15, 0.2) is 4.77 Å². The summed E-state index contributed by atoms with van der Waals surface area (Å²) in [5.74, 6) is 2.50. The van der Waals surface area contributed by atoms with Crippen LogP contribution in [-0.4, -0.2) is 38.7 Å². The first-order valence-corrected chi connectivity index (χ1v) is 10.8. The number of nitrogens with zero attached hydrogens (tertiary/aromatic N) is 3. The quantitative estimate of drug-likeness (QED) is 0.782. The van der Waals surface area contributed by atoms with Gasteiger partial charge in [-0.1, -0.05) is 20.3 Å². The average molecular weight is 377 g/mol. The molecule has 0 radical (unpaired) electrons. The molecule has 2 aliphatic carbocycles. The van der Waals surface area contributed by atoms with E-state index in [1.807, 2.05) is 0 Å². The Morgan fingerprint density at radius 2 is 1.96 bits per heavy atom. The van der Waals surface area contributed by atoms with Gasteiger partial charge in [-0.2, -0.15) is 5.10 Å². The van der Waals surface area contributed by atoms with Gasteiger partial charge in [0.2, 0.25) is 5.91 Å². The van der Waals surface area contributed by atoms with Crippen LogP contribution in [0.2, 0.25) is 0 Å². The molecule has 3 aliphatic rings. The molecule has 1 amide bonds. The highest BCUT2D eigenvalue weighted by Gasteiger charge is 2.34. The van der Waals surface area contributed by atoms with E-state index in [1.54, 1.807) is 0 Å². The molecule has 6 heteroatoms. The van der Waals surface area contributed by atoms with Gasteiger partial charge in [0, 0.05) is 31.5 Å². The number of likely N-dealkylation sites (tertiary alicyclic amines) is 1. The van der Waals surface area contributed by atoms with Crippen molar-refractivity contribution in [3.8, 4) is 0 Å². The zero-order chi connectivity index (χ0) is 18.3. The minimum Gasteiger partial charge on any atom is -0.343 e. The number of H-pyrrole nitrogens is 1. The zero-order valence-corrected chi connectivity index (χ0v) is 17.0. The van der Waals surface area contributed by atoms with Crippen molar-refractivity contribution in [2.24, 2.45) is 11.3 Å². The Bertz CT molecular complexity index is 710. The Labute approximate surface area is 161 Å². The maximum atomic E-state index is 12.8. The highest BCUT2D eigenvalue weighted by atomic mass is 32.1. The first kappa shape index (κ1) is 18.2. The number of hydrogen-bond acceptors (Lipinski definition) is 3. The van der Waals surface area contributed by atoms with Crippen LogP contribution in [0.1, 0.15) is 89.4 Å². The number of rotatable bonds is 4. The minimum atomic E-state index is 0.368. The van der Waals surface area contributed by atoms with E-state index in [2.05, 4.69) is 33.5 Å². The Kier molecular flexibility index (Phi) is 4.97. The molecule has 1 saturated heterocycles. The molecule has 1 aromatic rings. The molecule has 1 aliphatic heterocycles. The first-order valence-electron chi connectivity index (χ1n) is 10.4. The van der Waals surface area contributed by atoms with Crippen LogP contribution in [0.5, 0.6) is 0 Å². The van der Waals surface area contributed by atoms with Crippen molar-refractivity contribution in [3.63, 3.8) is 0 Å². The van der Waals surface area contributed by atoms with E-state index in [0.29, 0.717) is 29.2 Å². The summed E-state index contributed by atoms with van der Waals surface area (Å²) < 4.78 is 3.00. The summed E-state index contributed by atoms with van der Waals surface area (Å²) in [6.07, 6.45) is 10.2. The van der Waals surface area contributed by atoms with E-state index in [0.717, 1.165) is 42.9 Å². The van der Waals surface area contributed by atoms with E-state index in [9.17, 15) is 4.79 Å². The van der Waals surface area contributed by atoms with Gasteiger partial charge in [-0.25, -0.2) is 0 Å². The lowest BCUT2D eigenvalue weighted by molar-refractivity contribution is -0.133. The van der Waals surface area contributed by atoms with Crippen molar-refractivity contribution in [2.75, 3.05) is 13.1 Å². The number of amides is 1. The largest absolute Gasteiger partial charge is 0.343 e. The van der Waals surface area contributed by atoms with Crippen LogP contribution >= 0.6 is 12.2 Å². The lowest BCUT2D eigenvalue weighted by atomic mass is 9.71. The van der Waals surface area contributed by atoms with Gasteiger partial charge in [0.1, 0.15) is 5.82 Å². The van der Waals surface area contributed by atoms with E-state index in [-0.39, 0.29) is 0 Å². The molecule has 2 saturated carbocycles. The number of carbonyl (C=O) groups excluding carboxylic acids is 1. The lowest BCUT2D eigenvalue weighted by Gasteiger charge is -2.37. The summed E-state index contributed by atoms with van der Waals surface area (Å²) in [7, 11) is 0. The molecule has 1 N–H and O–H groups in total. The normalized spacial score (nSPS) is 26.8. The van der Waals surface area contributed by atoms with Gasteiger partial charge in [0.25, 0.3) is 0 Å². The fourth-order valence-corrected chi connectivity index (χ4v) is 5.37. The standard InChI is InChI=1S/C20H32N4OS/c1-20(2)9-3-4-14(13-20)12-17(25)23-10-7-15(8-11-23)18-21-22-19(26)24(18)16-5-6-16/h14-16H,3-13H2,1-2H3,(H,22,26). The summed E-state index contributed by atoms with van der Waals surface area (Å²) in [6, 6.07) is 0.561. The monoisotopic (exact) mass is 376 g/mol. The Morgan fingerprint density at radius 3 is 2.62 bits per heavy atom. The molecule has 0 spiro atoms. The van der Waals surface area contributed by atoms with Crippen LogP contribution in [0.25, 0.3) is 0 Å². The predicted octanol–water partition coefficient (Wildman–Crippen LogP) is 4.59. The molecule has 1 aromatic heterocycles. The SMILES string of the molecule is CC1(C)CCCC(CC(=O)N2CCC(c3n[nH]c(=S)n3C3CC3)CC2)C1. The molecular formula is C20H32N4OS. The predicted molar refractivity (Wildman–Crippen MR) is 105 cm³/mol. The number of hydrogen-bond donors (Lipinski definition) is 1. The maximum absolute atomic E-state index is 12.8. The van der Waals surface area contributed by atoms with Crippen LogP contribution in [0.4, 0.5) is 0 Å². The average Bonchev–Trinajstić information content (AvgIpc) is 3.36. The van der Waals surface area contributed by atoms with Gasteiger partial charge in [-0.3, -0.25) is 9.89 Å². The van der Waals surface area contributed by atoms with Gasteiger partial charge >= 0.3 is 0 Å². The molecule has 0 aromatic carbocycles.